The Morgan fingerprint density at radius 1 is 1.42 bits per heavy atom. The van der Waals surface area contributed by atoms with Crippen LogP contribution in [-0.2, 0) is 14.7 Å². The molecule has 0 amide bonds. The molecule has 0 aliphatic carbocycles. The van der Waals surface area contributed by atoms with Crippen molar-refractivity contribution in [2.45, 2.75) is 17.9 Å². The van der Waals surface area contributed by atoms with Gasteiger partial charge in [-0.15, -0.1) is 0 Å². The van der Waals surface area contributed by atoms with Crippen LogP contribution >= 0.6 is 31.9 Å². The van der Waals surface area contributed by atoms with Crippen molar-refractivity contribution >= 4 is 47.4 Å². The molecule has 0 fully saturated rings. The van der Waals surface area contributed by atoms with Crippen LogP contribution in [0.2, 0.25) is 0 Å². The summed E-state index contributed by atoms with van der Waals surface area (Å²) in [6, 6.07) is 3.35. The largest absolute Gasteiger partial charge is 0.268 e. The van der Waals surface area contributed by atoms with Crippen molar-refractivity contribution in [3.8, 4) is 0 Å². The van der Waals surface area contributed by atoms with Gasteiger partial charge in [0, 0.05) is 21.6 Å². The highest BCUT2D eigenvalue weighted by Crippen LogP contribution is 2.32. The van der Waals surface area contributed by atoms with Gasteiger partial charge in [0.25, 0.3) is 0 Å². The summed E-state index contributed by atoms with van der Waals surface area (Å²) in [6.07, 6.45) is 2.97. The number of hydrogen-bond acceptors (Lipinski definition) is 4. The van der Waals surface area contributed by atoms with E-state index in [0.29, 0.717) is 21.5 Å². The van der Waals surface area contributed by atoms with Gasteiger partial charge in [-0.3, -0.25) is 10.3 Å². The van der Waals surface area contributed by atoms with Crippen molar-refractivity contribution in [2.75, 3.05) is 11.6 Å². The molecule has 104 valence electrons. The van der Waals surface area contributed by atoms with Crippen LogP contribution < -0.4 is 5.48 Å². The van der Waals surface area contributed by atoms with Crippen LogP contribution in [0.25, 0.3) is 5.70 Å². The smallest absolute Gasteiger partial charge is 0.176 e. The minimum Gasteiger partial charge on any atom is -0.268 e. The molecule has 19 heavy (non-hydrogen) atoms. The van der Waals surface area contributed by atoms with Gasteiger partial charge in [0.1, 0.15) is 6.10 Å². The molecular weight excluding hydrogens is 398 g/mol. The van der Waals surface area contributed by atoms with Gasteiger partial charge in [-0.2, -0.15) is 0 Å². The number of benzene rings is 1. The minimum absolute atomic E-state index is 0.110. The maximum absolute atomic E-state index is 11.9. The van der Waals surface area contributed by atoms with Crippen molar-refractivity contribution in [3.05, 3.63) is 33.8 Å². The Balaban J connectivity index is 2.65. The zero-order valence-electron chi connectivity index (χ0n) is 10.4. The fourth-order valence-electron chi connectivity index (χ4n) is 1.91. The van der Waals surface area contributed by atoms with E-state index in [4.69, 9.17) is 4.84 Å². The lowest BCUT2D eigenvalue weighted by atomic mass is 10.1. The Morgan fingerprint density at radius 3 is 2.63 bits per heavy atom. The first-order chi connectivity index (χ1) is 8.84. The molecule has 1 aliphatic heterocycles. The Labute approximate surface area is 129 Å². The average molecular weight is 411 g/mol. The number of sulfone groups is 1. The molecule has 4 nitrogen and oxygen atoms in total. The summed E-state index contributed by atoms with van der Waals surface area (Å²) < 4.78 is 24.7. The molecule has 7 heteroatoms. The number of alkyl halides is 1. The van der Waals surface area contributed by atoms with Crippen LogP contribution in [0.5, 0.6) is 0 Å². The monoisotopic (exact) mass is 409 g/mol. The van der Waals surface area contributed by atoms with Crippen LogP contribution in [0, 0.1) is 6.92 Å². The molecule has 1 aromatic carbocycles. The van der Waals surface area contributed by atoms with E-state index in [1.807, 2.05) is 13.0 Å². The maximum atomic E-state index is 11.9. The van der Waals surface area contributed by atoms with Crippen molar-refractivity contribution in [1.82, 2.24) is 5.48 Å². The first-order valence-electron chi connectivity index (χ1n) is 5.53. The van der Waals surface area contributed by atoms with Gasteiger partial charge >= 0.3 is 0 Å². The van der Waals surface area contributed by atoms with E-state index in [1.165, 1.54) is 6.26 Å². The maximum Gasteiger partial charge on any atom is 0.176 e. The third kappa shape index (κ3) is 3.04. The predicted octanol–water partition coefficient (Wildman–Crippen LogP) is 2.80. The normalized spacial score (nSPS) is 19.2. The lowest BCUT2D eigenvalue weighted by Gasteiger charge is -2.13. The Hall–Kier alpha value is -0.370. The third-order valence-electron chi connectivity index (χ3n) is 2.85. The second kappa shape index (κ2) is 5.55. The van der Waals surface area contributed by atoms with E-state index in [9.17, 15) is 8.42 Å². The number of halogens is 2. The summed E-state index contributed by atoms with van der Waals surface area (Å²) in [7, 11) is -3.30. The van der Waals surface area contributed by atoms with E-state index in [1.54, 1.807) is 12.1 Å². The van der Waals surface area contributed by atoms with Crippen LogP contribution in [0.15, 0.2) is 27.6 Å². The fourth-order valence-corrected chi connectivity index (χ4v) is 3.51. The first-order valence-corrected chi connectivity index (χ1v) is 9.34. The summed E-state index contributed by atoms with van der Waals surface area (Å²) in [4.78, 5) is 5.63. The minimum atomic E-state index is -3.30. The van der Waals surface area contributed by atoms with Crippen LogP contribution in [-0.4, -0.2) is 26.1 Å². The first kappa shape index (κ1) is 15.0. The molecule has 0 saturated carbocycles. The summed E-state index contributed by atoms with van der Waals surface area (Å²) in [5.41, 5.74) is 5.00. The van der Waals surface area contributed by atoms with Crippen LogP contribution in [0.1, 0.15) is 11.1 Å². The molecular formula is C12H13Br2NO3S. The van der Waals surface area contributed by atoms with Crippen LogP contribution in [0.3, 0.4) is 0 Å². The van der Waals surface area contributed by atoms with Crippen molar-refractivity contribution in [2.24, 2.45) is 0 Å². The van der Waals surface area contributed by atoms with E-state index >= 15 is 0 Å². The summed E-state index contributed by atoms with van der Waals surface area (Å²) in [6.45, 7) is 1.87. The highest BCUT2D eigenvalue weighted by atomic mass is 79.9. The molecule has 1 unspecified atom stereocenters. The van der Waals surface area contributed by atoms with E-state index < -0.39 is 9.84 Å². The molecule has 1 N–H and O–H groups in total. The zero-order chi connectivity index (χ0) is 14.2. The van der Waals surface area contributed by atoms with E-state index in [-0.39, 0.29) is 6.10 Å². The standard InChI is InChI=1S/C12H13Br2NO3S/c1-7-9(14)3-4-11(19(2,16)17)12(7)10-5-8(6-13)18-15-10/h3-5,8,15H,6H2,1-2H3. The highest BCUT2D eigenvalue weighted by Gasteiger charge is 2.24. The molecule has 2 rings (SSSR count). The molecule has 1 atom stereocenters. The lowest BCUT2D eigenvalue weighted by Crippen LogP contribution is -2.14. The average Bonchev–Trinajstić information content (AvgIpc) is 2.79. The molecule has 0 bridgehead atoms. The molecule has 0 aromatic heterocycles. The van der Waals surface area contributed by atoms with Gasteiger partial charge in [-0.1, -0.05) is 31.9 Å². The SMILES string of the molecule is Cc1c(Br)ccc(S(C)(=O)=O)c1C1=CC(CBr)ON1. The van der Waals surface area contributed by atoms with E-state index in [2.05, 4.69) is 37.3 Å². The highest BCUT2D eigenvalue weighted by molar-refractivity contribution is 9.10. The van der Waals surface area contributed by atoms with E-state index in [0.717, 1.165) is 10.0 Å². The third-order valence-corrected chi connectivity index (χ3v) is 5.49. The summed E-state index contributed by atoms with van der Waals surface area (Å²) in [5.74, 6) is 0. The molecule has 0 radical (unpaired) electrons. The van der Waals surface area contributed by atoms with Gasteiger partial charge < -0.3 is 0 Å². The Bertz CT molecular complexity index is 641. The zero-order valence-corrected chi connectivity index (χ0v) is 14.4. The van der Waals surface area contributed by atoms with Gasteiger partial charge in [-0.05, 0) is 30.7 Å². The molecule has 0 spiro atoms. The number of hydroxylamine groups is 1. The van der Waals surface area contributed by atoms with Gasteiger partial charge in [-0.25, -0.2) is 8.42 Å². The number of hydrogen-bond donors (Lipinski definition) is 1. The number of rotatable bonds is 3. The van der Waals surface area contributed by atoms with Gasteiger partial charge in [0.2, 0.25) is 0 Å². The summed E-state index contributed by atoms with van der Waals surface area (Å²) >= 11 is 6.76. The molecule has 1 heterocycles. The second-order valence-electron chi connectivity index (χ2n) is 4.31. The van der Waals surface area contributed by atoms with Crippen LogP contribution in [0.4, 0.5) is 0 Å². The lowest BCUT2D eigenvalue weighted by molar-refractivity contribution is 0.0657. The topological polar surface area (TPSA) is 55.4 Å². The quantitative estimate of drug-likeness (QED) is 0.778. The van der Waals surface area contributed by atoms with Crippen molar-refractivity contribution in [1.29, 1.82) is 0 Å². The Kier molecular flexibility index (Phi) is 4.39. The van der Waals surface area contributed by atoms with Crippen molar-refractivity contribution in [3.63, 3.8) is 0 Å². The second-order valence-corrected chi connectivity index (χ2v) is 7.80. The van der Waals surface area contributed by atoms with Gasteiger partial charge in [0.05, 0.1) is 10.6 Å². The Morgan fingerprint density at radius 2 is 2.11 bits per heavy atom. The van der Waals surface area contributed by atoms with Gasteiger partial charge in [0.15, 0.2) is 9.84 Å². The number of nitrogens with one attached hydrogen (secondary N) is 1. The predicted molar refractivity (Wildman–Crippen MR) is 81.8 cm³/mol. The molecule has 1 aromatic rings. The molecule has 0 saturated heterocycles. The summed E-state index contributed by atoms with van der Waals surface area (Å²) in [5, 5.41) is 0.644. The fraction of sp³-hybridized carbons (Fsp3) is 0.333. The molecule has 1 aliphatic rings. The van der Waals surface area contributed by atoms with Crippen molar-refractivity contribution < 1.29 is 13.3 Å².